The maximum Gasteiger partial charge on any atom is 0.246 e. The topological polar surface area (TPSA) is 87.7 Å². The van der Waals surface area contributed by atoms with Gasteiger partial charge in [-0.2, -0.15) is 0 Å². The number of hydrogen-bond donors (Lipinski definition) is 2. The van der Waals surface area contributed by atoms with Crippen molar-refractivity contribution in [2.75, 3.05) is 5.32 Å². The second kappa shape index (κ2) is 9.90. The number of ether oxygens (including phenoxy) is 1. The van der Waals surface area contributed by atoms with Gasteiger partial charge in [-0.05, 0) is 56.0 Å². The van der Waals surface area contributed by atoms with Crippen LogP contribution in [0.2, 0.25) is 0 Å². The van der Waals surface area contributed by atoms with Crippen LogP contribution in [-0.2, 0) is 25.7 Å². The summed E-state index contributed by atoms with van der Waals surface area (Å²) in [6.45, 7) is 3.83. The van der Waals surface area contributed by atoms with Gasteiger partial charge in [0.1, 0.15) is 17.5 Å². The number of rotatable bonds is 6. The second-order valence-electron chi connectivity index (χ2n) is 11.5. The number of benzene rings is 2. The van der Waals surface area contributed by atoms with E-state index in [1.807, 2.05) is 32.0 Å². The zero-order valence-electron chi connectivity index (χ0n) is 22.3. The van der Waals surface area contributed by atoms with E-state index in [1.54, 1.807) is 30.4 Å². The van der Waals surface area contributed by atoms with Gasteiger partial charge >= 0.3 is 0 Å². The second-order valence-corrected chi connectivity index (χ2v) is 11.5. The number of halogens is 1. The molecule has 2 bridgehead atoms. The van der Waals surface area contributed by atoms with E-state index >= 15 is 0 Å². The van der Waals surface area contributed by atoms with Crippen molar-refractivity contribution in [1.82, 2.24) is 10.2 Å². The van der Waals surface area contributed by atoms with Crippen LogP contribution in [0.15, 0.2) is 54.6 Å². The quantitative estimate of drug-likeness (QED) is 0.548. The maximum absolute atomic E-state index is 14.7. The van der Waals surface area contributed by atoms with Crippen molar-refractivity contribution in [3.05, 3.63) is 77.1 Å². The molecule has 6 rings (SSSR count). The molecule has 3 aliphatic heterocycles. The molecular formula is C31H34FN3O4. The van der Waals surface area contributed by atoms with Crippen LogP contribution in [0.5, 0.6) is 0 Å². The predicted molar refractivity (Wildman–Crippen MR) is 144 cm³/mol. The molecule has 1 saturated carbocycles. The van der Waals surface area contributed by atoms with E-state index < -0.39 is 35.4 Å². The standard InChI is InChI=1S/C31H34FN3O4/c1-18-14-19(2)16-22(15-18)34-28(36)25-24-12-13-31(39-24)26(25)30(38)35(17-20-8-6-7-11-23(20)32)27(31)29(37)33-21-9-4-3-5-10-21/h6-8,11-16,21,24-27H,3-5,9-10,17H2,1-2H3,(H,33,37)(H,34,36)/t24-,25-,26-,27-,31-/m0/s1. The Hall–Kier alpha value is -3.52. The van der Waals surface area contributed by atoms with Crippen LogP contribution in [0.3, 0.4) is 0 Å². The number of nitrogens with zero attached hydrogens (tertiary/aromatic N) is 1. The van der Waals surface area contributed by atoms with Crippen molar-refractivity contribution in [3.63, 3.8) is 0 Å². The van der Waals surface area contributed by atoms with Gasteiger partial charge in [0.15, 0.2) is 0 Å². The van der Waals surface area contributed by atoms with Gasteiger partial charge in [0.25, 0.3) is 0 Å². The van der Waals surface area contributed by atoms with Crippen LogP contribution in [-0.4, -0.2) is 46.4 Å². The molecule has 2 aromatic rings. The number of carbonyl (C=O) groups is 3. The summed E-state index contributed by atoms with van der Waals surface area (Å²) in [6, 6.07) is 11.1. The van der Waals surface area contributed by atoms with E-state index in [0.29, 0.717) is 11.3 Å². The van der Waals surface area contributed by atoms with Crippen molar-refractivity contribution in [2.24, 2.45) is 11.8 Å². The molecule has 0 aromatic heterocycles. The molecule has 0 radical (unpaired) electrons. The highest BCUT2D eigenvalue weighted by Crippen LogP contribution is 2.55. The Morgan fingerprint density at radius 1 is 1.05 bits per heavy atom. The predicted octanol–water partition coefficient (Wildman–Crippen LogP) is 4.18. The number of anilines is 1. The molecule has 2 aromatic carbocycles. The fraction of sp³-hybridized carbons (Fsp3) is 0.452. The first kappa shape index (κ1) is 25.7. The summed E-state index contributed by atoms with van der Waals surface area (Å²) >= 11 is 0. The molecule has 39 heavy (non-hydrogen) atoms. The molecule has 1 spiro atoms. The molecule has 5 atom stereocenters. The minimum absolute atomic E-state index is 0.0263. The van der Waals surface area contributed by atoms with Crippen molar-refractivity contribution in [2.45, 2.75) is 76.3 Å². The highest BCUT2D eigenvalue weighted by Gasteiger charge is 2.72. The monoisotopic (exact) mass is 531 g/mol. The number of carbonyl (C=O) groups excluding carboxylic acids is 3. The third kappa shape index (κ3) is 4.44. The molecule has 2 saturated heterocycles. The number of fused-ring (bicyclic) bond motifs is 1. The number of likely N-dealkylation sites (tertiary alicyclic amines) is 1. The minimum Gasteiger partial charge on any atom is -0.359 e. The first-order chi connectivity index (χ1) is 18.8. The minimum atomic E-state index is -1.28. The van der Waals surface area contributed by atoms with Crippen molar-refractivity contribution >= 4 is 23.4 Å². The van der Waals surface area contributed by atoms with Gasteiger partial charge in [-0.1, -0.05) is 55.7 Å². The average Bonchev–Trinajstić information content (AvgIpc) is 3.53. The highest BCUT2D eigenvalue weighted by molar-refractivity contribution is 6.02. The molecule has 204 valence electrons. The first-order valence-corrected chi connectivity index (χ1v) is 13.9. The van der Waals surface area contributed by atoms with Gasteiger partial charge in [-0.15, -0.1) is 0 Å². The number of aryl methyl sites for hydroxylation is 2. The molecule has 3 heterocycles. The van der Waals surface area contributed by atoms with E-state index in [1.165, 1.54) is 11.0 Å². The number of hydrogen-bond acceptors (Lipinski definition) is 4. The van der Waals surface area contributed by atoms with Gasteiger partial charge < -0.3 is 20.3 Å². The fourth-order valence-electron chi connectivity index (χ4n) is 7.05. The van der Waals surface area contributed by atoms with Crippen LogP contribution in [0.4, 0.5) is 10.1 Å². The summed E-state index contributed by atoms with van der Waals surface area (Å²) in [5.74, 6) is -3.14. The lowest BCUT2D eigenvalue weighted by Crippen LogP contribution is -2.56. The van der Waals surface area contributed by atoms with Gasteiger partial charge in [0.2, 0.25) is 17.7 Å². The first-order valence-electron chi connectivity index (χ1n) is 13.9. The maximum atomic E-state index is 14.7. The van der Waals surface area contributed by atoms with Gasteiger partial charge in [-0.25, -0.2) is 4.39 Å². The van der Waals surface area contributed by atoms with E-state index in [4.69, 9.17) is 4.74 Å². The SMILES string of the molecule is Cc1cc(C)cc(NC(=O)[C@H]2[C@@H]3C=C[C@]4(O3)[C@@H]2C(=O)N(Cc2ccccc2F)[C@H]4C(=O)NC2CCCCC2)c1. The fourth-order valence-corrected chi connectivity index (χ4v) is 7.05. The number of nitrogens with one attached hydrogen (secondary N) is 2. The van der Waals surface area contributed by atoms with Crippen LogP contribution in [0.25, 0.3) is 0 Å². The highest BCUT2D eigenvalue weighted by atomic mass is 19.1. The Morgan fingerprint density at radius 3 is 2.49 bits per heavy atom. The lowest BCUT2D eigenvalue weighted by Gasteiger charge is -2.34. The summed E-state index contributed by atoms with van der Waals surface area (Å²) in [5.41, 5.74) is 1.71. The van der Waals surface area contributed by atoms with Crippen molar-refractivity contribution in [1.29, 1.82) is 0 Å². The van der Waals surface area contributed by atoms with E-state index in [2.05, 4.69) is 10.6 Å². The summed E-state index contributed by atoms with van der Waals surface area (Å²) in [7, 11) is 0. The zero-order chi connectivity index (χ0) is 27.3. The molecule has 8 heteroatoms. The van der Waals surface area contributed by atoms with E-state index in [9.17, 15) is 18.8 Å². The average molecular weight is 532 g/mol. The van der Waals surface area contributed by atoms with Crippen LogP contribution >= 0.6 is 0 Å². The zero-order valence-corrected chi connectivity index (χ0v) is 22.3. The number of amides is 3. The molecular weight excluding hydrogens is 497 g/mol. The van der Waals surface area contributed by atoms with Gasteiger partial charge in [0.05, 0.1) is 17.9 Å². The molecule has 3 amide bonds. The van der Waals surface area contributed by atoms with Gasteiger partial charge in [0, 0.05) is 23.8 Å². The molecule has 7 nitrogen and oxygen atoms in total. The molecule has 3 fully saturated rings. The lowest BCUT2D eigenvalue weighted by atomic mass is 9.74. The smallest absolute Gasteiger partial charge is 0.246 e. The third-order valence-electron chi connectivity index (χ3n) is 8.66. The van der Waals surface area contributed by atoms with E-state index in [-0.39, 0.29) is 30.3 Å². The Balaban J connectivity index is 1.34. The largest absolute Gasteiger partial charge is 0.359 e. The summed E-state index contributed by atoms with van der Waals surface area (Å²) in [5, 5.41) is 6.14. The summed E-state index contributed by atoms with van der Waals surface area (Å²) in [6.07, 6.45) is 7.96. The molecule has 0 unspecified atom stereocenters. The molecule has 2 N–H and O–H groups in total. The van der Waals surface area contributed by atoms with Crippen LogP contribution in [0, 0.1) is 31.5 Å². The summed E-state index contributed by atoms with van der Waals surface area (Å²) < 4.78 is 21.1. The van der Waals surface area contributed by atoms with Crippen molar-refractivity contribution < 1.29 is 23.5 Å². The van der Waals surface area contributed by atoms with E-state index in [0.717, 1.165) is 43.2 Å². The Morgan fingerprint density at radius 2 is 1.77 bits per heavy atom. The van der Waals surface area contributed by atoms with Crippen LogP contribution in [0.1, 0.15) is 48.8 Å². The van der Waals surface area contributed by atoms with Gasteiger partial charge in [-0.3, -0.25) is 14.4 Å². The Labute approximate surface area is 227 Å². The molecule has 1 aliphatic carbocycles. The third-order valence-corrected chi connectivity index (χ3v) is 8.66. The Bertz CT molecular complexity index is 1330. The lowest BCUT2D eigenvalue weighted by molar-refractivity contribution is -0.142. The van der Waals surface area contributed by atoms with Crippen LogP contribution < -0.4 is 10.6 Å². The normalized spacial score (nSPS) is 29.5. The Kier molecular flexibility index (Phi) is 6.53. The van der Waals surface area contributed by atoms with Crippen molar-refractivity contribution in [3.8, 4) is 0 Å². The summed E-state index contributed by atoms with van der Waals surface area (Å²) in [4.78, 5) is 43.1. The molecule has 4 aliphatic rings.